The first-order valence-corrected chi connectivity index (χ1v) is 7.78. The van der Waals surface area contributed by atoms with Gasteiger partial charge in [0, 0.05) is 4.47 Å². The molecule has 114 valence electrons. The first-order valence-electron chi connectivity index (χ1n) is 6.23. The zero-order valence-corrected chi connectivity index (χ0v) is 14.4. The van der Waals surface area contributed by atoms with Gasteiger partial charge in [-0.1, -0.05) is 29.3 Å². The quantitative estimate of drug-likeness (QED) is 0.686. The number of hydrazine groups is 1. The van der Waals surface area contributed by atoms with Gasteiger partial charge in [0.15, 0.2) is 0 Å². The van der Waals surface area contributed by atoms with Gasteiger partial charge in [-0.2, -0.15) is 10.2 Å². The number of fused-ring (bicyclic) bond motifs is 1. The van der Waals surface area contributed by atoms with E-state index in [2.05, 4.69) is 21.2 Å². The van der Waals surface area contributed by atoms with Crippen LogP contribution in [0.3, 0.4) is 0 Å². The van der Waals surface area contributed by atoms with Crippen LogP contribution in [0.15, 0.2) is 34.8 Å². The molecule has 0 radical (unpaired) electrons. The lowest BCUT2D eigenvalue weighted by Crippen LogP contribution is -2.51. The van der Waals surface area contributed by atoms with E-state index in [1.807, 2.05) is 13.0 Å². The Morgan fingerprint density at radius 1 is 1.14 bits per heavy atom. The predicted octanol–water partition coefficient (Wildman–Crippen LogP) is 5.23. The van der Waals surface area contributed by atoms with Crippen molar-refractivity contribution in [2.75, 3.05) is 15.5 Å². The molecule has 2 aromatic carbocycles. The van der Waals surface area contributed by atoms with E-state index in [0.717, 1.165) is 15.7 Å². The van der Waals surface area contributed by atoms with Crippen LogP contribution in [0.25, 0.3) is 0 Å². The minimum Gasteiger partial charge on any atom is -0.304 e. The van der Waals surface area contributed by atoms with E-state index >= 15 is 0 Å². The second kappa shape index (κ2) is 5.62. The highest BCUT2D eigenvalue weighted by molar-refractivity contribution is 9.10. The van der Waals surface area contributed by atoms with Crippen molar-refractivity contribution < 1.29 is 10.0 Å². The fourth-order valence-corrected chi connectivity index (χ4v) is 2.90. The summed E-state index contributed by atoms with van der Waals surface area (Å²) >= 11 is 15.3. The Labute approximate surface area is 145 Å². The minimum absolute atomic E-state index is 0.277. The van der Waals surface area contributed by atoms with E-state index in [1.54, 1.807) is 12.1 Å². The standard InChI is InChI=1S/C14H10BrCl2N3O2/c1-7-2-3-8(15)12(4-7)19-14(21)18-11-5-9(16)10(17)6-13(11)20(19)22/h2-6,22H,1H3,(H,18,21). The Kier molecular flexibility index (Phi) is 3.94. The predicted molar refractivity (Wildman–Crippen MR) is 91.1 cm³/mol. The van der Waals surface area contributed by atoms with E-state index in [1.165, 1.54) is 12.1 Å². The number of anilines is 3. The number of hydrogen-bond acceptors (Lipinski definition) is 3. The van der Waals surface area contributed by atoms with Crippen molar-refractivity contribution in [2.24, 2.45) is 0 Å². The fourth-order valence-electron chi connectivity index (χ4n) is 2.16. The summed E-state index contributed by atoms with van der Waals surface area (Å²) in [5.74, 6) is 0. The topological polar surface area (TPSA) is 55.8 Å². The number of hydrogen-bond donors (Lipinski definition) is 2. The van der Waals surface area contributed by atoms with Crippen LogP contribution in [0.5, 0.6) is 0 Å². The lowest BCUT2D eigenvalue weighted by Gasteiger charge is -2.36. The molecule has 1 aliphatic rings. The highest BCUT2D eigenvalue weighted by Gasteiger charge is 2.32. The molecule has 0 bridgehead atoms. The van der Waals surface area contributed by atoms with Gasteiger partial charge >= 0.3 is 6.03 Å². The molecule has 1 heterocycles. The molecule has 0 aromatic heterocycles. The number of halogens is 3. The van der Waals surface area contributed by atoms with Gasteiger partial charge in [0.1, 0.15) is 5.69 Å². The molecule has 0 spiro atoms. The SMILES string of the molecule is Cc1ccc(Br)c(N2C(=O)Nc3cc(Cl)c(Cl)cc3N2O)c1. The number of nitrogens with zero attached hydrogens (tertiary/aromatic N) is 2. The van der Waals surface area contributed by atoms with E-state index in [9.17, 15) is 10.0 Å². The van der Waals surface area contributed by atoms with Crippen molar-refractivity contribution in [1.29, 1.82) is 0 Å². The Morgan fingerprint density at radius 2 is 1.82 bits per heavy atom. The molecule has 8 heteroatoms. The van der Waals surface area contributed by atoms with Gasteiger partial charge in [-0.15, -0.1) is 0 Å². The van der Waals surface area contributed by atoms with E-state index in [0.29, 0.717) is 26.6 Å². The van der Waals surface area contributed by atoms with Crippen LogP contribution >= 0.6 is 39.1 Å². The van der Waals surface area contributed by atoms with Gasteiger partial charge in [0.25, 0.3) is 0 Å². The molecule has 0 atom stereocenters. The van der Waals surface area contributed by atoms with E-state index in [-0.39, 0.29) is 5.02 Å². The van der Waals surface area contributed by atoms with Gasteiger partial charge in [-0.25, -0.2) is 4.79 Å². The molecule has 2 aromatic rings. The highest BCUT2D eigenvalue weighted by atomic mass is 79.9. The van der Waals surface area contributed by atoms with Crippen LogP contribution in [-0.2, 0) is 0 Å². The lowest BCUT2D eigenvalue weighted by molar-refractivity contribution is 0.221. The molecule has 2 amide bonds. The summed E-state index contributed by atoms with van der Waals surface area (Å²) in [6.45, 7) is 1.89. The number of urea groups is 1. The molecule has 0 aliphatic carbocycles. The Hall–Kier alpha value is -1.47. The zero-order valence-electron chi connectivity index (χ0n) is 11.3. The molecule has 0 unspecified atom stereocenters. The minimum atomic E-state index is -0.514. The average molecular weight is 403 g/mol. The third kappa shape index (κ3) is 2.52. The van der Waals surface area contributed by atoms with Crippen molar-refractivity contribution >= 4 is 62.2 Å². The van der Waals surface area contributed by atoms with Gasteiger partial charge in [0.05, 0.1) is 21.4 Å². The summed E-state index contributed by atoms with van der Waals surface area (Å²) in [6, 6.07) is 7.92. The summed E-state index contributed by atoms with van der Waals surface area (Å²) in [5, 5.41) is 15.5. The zero-order chi connectivity index (χ0) is 16.0. The molecular weight excluding hydrogens is 393 g/mol. The summed E-state index contributed by atoms with van der Waals surface area (Å²) < 4.78 is 0.663. The monoisotopic (exact) mass is 401 g/mol. The number of carbonyl (C=O) groups is 1. The summed E-state index contributed by atoms with van der Waals surface area (Å²) in [6.07, 6.45) is 0. The number of nitrogens with one attached hydrogen (secondary N) is 1. The molecule has 22 heavy (non-hydrogen) atoms. The largest absolute Gasteiger partial charge is 0.347 e. The second-order valence-corrected chi connectivity index (χ2v) is 6.44. The maximum Gasteiger partial charge on any atom is 0.347 e. The highest BCUT2D eigenvalue weighted by Crippen LogP contribution is 2.40. The second-order valence-electron chi connectivity index (χ2n) is 4.77. The molecule has 3 rings (SSSR count). The van der Waals surface area contributed by atoms with Crippen molar-refractivity contribution in [1.82, 2.24) is 0 Å². The molecular formula is C14H10BrCl2N3O2. The van der Waals surface area contributed by atoms with Crippen molar-refractivity contribution in [3.8, 4) is 0 Å². The number of amides is 2. The maximum absolute atomic E-state index is 12.3. The van der Waals surface area contributed by atoms with E-state index in [4.69, 9.17) is 23.2 Å². The van der Waals surface area contributed by atoms with Crippen LogP contribution in [-0.4, -0.2) is 11.2 Å². The molecule has 2 N–H and O–H groups in total. The van der Waals surface area contributed by atoms with E-state index < -0.39 is 6.03 Å². The van der Waals surface area contributed by atoms with Crippen molar-refractivity contribution in [2.45, 2.75) is 6.92 Å². The van der Waals surface area contributed by atoms with Gasteiger partial charge in [0.2, 0.25) is 0 Å². The molecule has 1 aliphatic heterocycles. The number of aryl methyl sites for hydroxylation is 1. The van der Waals surface area contributed by atoms with Gasteiger partial charge in [-0.05, 0) is 52.7 Å². The first-order chi connectivity index (χ1) is 10.4. The molecule has 0 fully saturated rings. The molecule has 0 saturated carbocycles. The average Bonchev–Trinajstić information content (AvgIpc) is 2.45. The number of rotatable bonds is 1. The number of benzene rings is 2. The van der Waals surface area contributed by atoms with Gasteiger partial charge < -0.3 is 5.32 Å². The van der Waals surface area contributed by atoms with Gasteiger partial charge in [-0.3, -0.25) is 5.21 Å². The smallest absolute Gasteiger partial charge is 0.304 e. The van der Waals surface area contributed by atoms with Crippen molar-refractivity contribution in [3.05, 3.63) is 50.4 Å². The Bertz CT molecular complexity index is 785. The first kappa shape index (κ1) is 15.4. The van der Waals surface area contributed by atoms with Crippen LogP contribution in [0.1, 0.15) is 5.56 Å². The maximum atomic E-state index is 12.3. The van der Waals surface area contributed by atoms with Crippen molar-refractivity contribution in [3.63, 3.8) is 0 Å². The van der Waals surface area contributed by atoms with Crippen LogP contribution in [0.4, 0.5) is 21.9 Å². The third-order valence-electron chi connectivity index (χ3n) is 3.21. The third-order valence-corrected chi connectivity index (χ3v) is 4.60. The normalized spacial score (nSPS) is 14.0. The molecule has 5 nitrogen and oxygen atoms in total. The Morgan fingerprint density at radius 3 is 2.55 bits per heavy atom. The fraction of sp³-hybridized carbons (Fsp3) is 0.0714. The molecule has 0 saturated heterocycles. The number of carbonyl (C=O) groups excluding carboxylic acids is 1. The summed E-state index contributed by atoms with van der Waals surface area (Å²) in [4.78, 5) is 12.3. The van der Waals surface area contributed by atoms with Crippen LogP contribution < -0.4 is 15.5 Å². The Balaban J connectivity index is 2.13. The summed E-state index contributed by atoms with van der Waals surface area (Å²) in [7, 11) is 0. The lowest BCUT2D eigenvalue weighted by atomic mass is 10.2. The van der Waals surface area contributed by atoms with Crippen LogP contribution in [0.2, 0.25) is 10.0 Å². The summed E-state index contributed by atoms with van der Waals surface area (Å²) in [5.41, 5.74) is 2.14. The van der Waals surface area contributed by atoms with Crippen LogP contribution in [0, 0.1) is 6.92 Å².